The van der Waals surface area contributed by atoms with E-state index in [9.17, 15) is 19.2 Å². The van der Waals surface area contributed by atoms with Crippen LogP contribution in [0.5, 0.6) is 0 Å². The van der Waals surface area contributed by atoms with Gasteiger partial charge in [-0.15, -0.1) is 0 Å². The number of amides is 4. The van der Waals surface area contributed by atoms with Crippen LogP contribution in [0.2, 0.25) is 0 Å². The summed E-state index contributed by atoms with van der Waals surface area (Å²) >= 11 is 0. The molecule has 0 saturated carbocycles. The fourth-order valence-corrected chi connectivity index (χ4v) is 4.41. The van der Waals surface area contributed by atoms with E-state index in [0.29, 0.717) is 11.1 Å². The van der Waals surface area contributed by atoms with Gasteiger partial charge in [-0.3, -0.25) is 29.4 Å². The van der Waals surface area contributed by atoms with Crippen molar-refractivity contribution in [3.8, 4) is 0 Å². The number of benzene rings is 1. The molecule has 1 saturated heterocycles. The Hall–Kier alpha value is -3.00. The summed E-state index contributed by atoms with van der Waals surface area (Å²) in [5.41, 5.74) is 1.44. The van der Waals surface area contributed by atoms with E-state index in [4.69, 9.17) is 0 Å². The molecular formula is C21H24N4O4. The number of likely N-dealkylation sites (N-methyl/N-ethyl adjacent to an activating group) is 2. The highest BCUT2D eigenvalue weighted by Crippen LogP contribution is 2.32. The van der Waals surface area contributed by atoms with Crippen LogP contribution in [0.1, 0.15) is 46.4 Å². The van der Waals surface area contributed by atoms with Crippen molar-refractivity contribution in [1.82, 2.24) is 15.5 Å². The number of nitrogens with zero attached hydrogens (tertiary/aromatic N) is 2. The molecule has 4 rings (SSSR count). The Bertz CT molecular complexity index is 925. The fraction of sp³-hybridized carbons (Fsp3) is 0.429. The molecule has 4 amide bonds. The summed E-state index contributed by atoms with van der Waals surface area (Å²) in [5, 5.41) is 5.55. The van der Waals surface area contributed by atoms with Crippen molar-refractivity contribution in [3.05, 3.63) is 41.5 Å². The molecule has 0 radical (unpaired) electrons. The minimum Gasteiger partial charge on any atom is -0.370 e. The lowest BCUT2D eigenvalue weighted by Gasteiger charge is -2.37. The molecule has 8 nitrogen and oxygen atoms in total. The Morgan fingerprint density at radius 1 is 1.07 bits per heavy atom. The van der Waals surface area contributed by atoms with E-state index in [1.807, 2.05) is 20.2 Å². The van der Waals surface area contributed by atoms with Crippen LogP contribution in [0, 0.1) is 0 Å². The van der Waals surface area contributed by atoms with Crippen molar-refractivity contribution in [1.29, 1.82) is 0 Å². The number of piperidine rings is 1. The van der Waals surface area contributed by atoms with Gasteiger partial charge in [0.05, 0.1) is 11.1 Å². The lowest BCUT2D eigenvalue weighted by molar-refractivity contribution is -0.136. The average molecular weight is 396 g/mol. The summed E-state index contributed by atoms with van der Waals surface area (Å²) in [7, 11) is 3.92. The molecule has 0 bridgehead atoms. The maximum Gasteiger partial charge on any atom is 0.262 e. The van der Waals surface area contributed by atoms with E-state index in [2.05, 4.69) is 27.7 Å². The topological polar surface area (TPSA) is 98.8 Å². The number of carbonyl (C=O) groups is 4. The summed E-state index contributed by atoms with van der Waals surface area (Å²) in [5.74, 6) is -1.95. The zero-order valence-corrected chi connectivity index (χ0v) is 16.5. The molecule has 152 valence electrons. The van der Waals surface area contributed by atoms with Gasteiger partial charge in [0, 0.05) is 31.2 Å². The largest absolute Gasteiger partial charge is 0.370 e. The van der Waals surface area contributed by atoms with Crippen LogP contribution < -0.4 is 15.5 Å². The predicted octanol–water partition coefficient (Wildman–Crippen LogP) is 0.831. The second kappa shape index (κ2) is 7.44. The van der Waals surface area contributed by atoms with Crippen molar-refractivity contribution in [3.63, 3.8) is 0 Å². The third kappa shape index (κ3) is 3.23. The van der Waals surface area contributed by atoms with Crippen molar-refractivity contribution < 1.29 is 19.2 Å². The van der Waals surface area contributed by atoms with E-state index < -0.39 is 23.8 Å². The Labute approximate surface area is 168 Å². The minimum atomic E-state index is -0.946. The SMILES string of the molecule is CN[C@H]1CC=CC[C@H]1N(C)c1ccc2c(c1)C(=O)N(C1CCC(=O)NC1=O)C2=O. The minimum absolute atomic E-state index is 0.110. The van der Waals surface area contributed by atoms with Crippen molar-refractivity contribution in [2.24, 2.45) is 0 Å². The van der Waals surface area contributed by atoms with Gasteiger partial charge in [-0.25, -0.2) is 0 Å². The Kier molecular flexibility index (Phi) is 4.96. The molecule has 29 heavy (non-hydrogen) atoms. The number of hydrogen-bond donors (Lipinski definition) is 2. The van der Waals surface area contributed by atoms with E-state index in [-0.39, 0.29) is 30.8 Å². The third-order valence-electron chi connectivity index (χ3n) is 6.10. The molecule has 1 fully saturated rings. The van der Waals surface area contributed by atoms with Crippen molar-refractivity contribution in [2.75, 3.05) is 19.0 Å². The monoisotopic (exact) mass is 396 g/mol. The number of fused-ring (bicyclic) bond motifs is 1. The Morgan fingerprint density at radius 3 is 2.52 bits per heavy atom. The highest BCUT2D eigenvalue weighted by atomic mass is 16.2. The molecule has 3 aliphatic rings. The first kappa shape index (κ1) is 19.3. The molecule has 2 aliphatic heterocycles. The summed E-state index contributed by atoms with van der Waals surface area (Å²) in [6.45, 7) is 0. The van der Waals surface area contributed by atoms with E-state index in [0.717, 1.165) is 23.4 Å². The molecule has 2 heterocycles. The van der Waals surface area contributed by atoms with Crippen LogP contribution in [-0.2, 0) is 9.59 Å². The zero-order valence-electron chi connectivity index (χ0n) is 16.5. The van der Waals surface area contributed by atoms with Crippen LogP contribution in [-0.4, -0.2) is 60.7 Å². The smallest absolute Gasteiger partial charge is 0.262 e. The molecule has 8 heteroatoms. The number of rotatable bonds is 4. The number of hydrogen-bond acceptors (Lipinski definition) is 6. The van der Waals surface area contributed by atoms with Crippen LogP contribution >= 0.6 is 0 Å². The lowest BCUT2D eigenvalue weighted by atomic mass is 9.94. The van der Waals surface area contributed by atoms with Gasteiger partial charge in [0.15, 0.2) is 0 Å². The summed E-state index contributed by atoms with van der Waals surface area (Å²) in [6.07, 6.45) is 6.39. The number of nitrogens with one attached hydrogen (secondary N) is 2. The number of carbonyl (C=O) groups excluding carboxylic acids is 4. The first-order valence-corrected chi connectivity index (χ1v) is 9.83. The first-order chi connectivity index (χ1) is 13.9. The molecule has 0 spiro atoms. The van der Waals surface area contributed by atoms with E-state index in [1.54, 1.807) is 12.1 Å². The third-order valence-corrected chi connectivity index (χ3v) is 6.10. The maximum atomic E-state index is 13.0. The Morgan fingerprint density at radius 2 is 1.79 bits per heavy atom. The second-order valence-corrected chi connectivity index (χ2v) is 7.69. The highest BCUT2D eigenvalue weighted by molar-refractivity contribution is 6.23. The van der Waals surface area contributed by atoms with E-state index >= 15 is 0 Å². The van der Waals surface area contributed by atoms with Crippen molar-refractivity contribution >= 4 is 29.3 Å². The molecule has 1 aromatic carbocycles. The van der Waals surface area contributed by atoms with Crippen LogP contribution in [0.15, 0.2) is 30.4 Å². The number of anilines is 1. The molecular weight excluding hydrogens is 372 g/mol. The lowest BCUT2D eigenvalue weighted by Crippen LogP contribution is -2.54. The molecule has 1 unspecified atom stereocenters. The summed E-state index contributed by atoms with van der Waals surface area (Å²) in [4.78, 5) is 52.5. The molecule has 1 aliphatic carbocycles. The van der Waals surface area contributed by atoms with Gasteiger partial charge >= 0.3 is 0 Å². The van der Waals surface area contributed by atoms with Gasteiger partial charge in [0.1, 0.15) is 6.04 Å². The highest BCUT2D eigenvalue weighted by Gasteiger charge is 2.44. The summed E-state index contributed by atoms with van der Waals surface area (Å²) < 4.78 is 0. The van der Waals surface area contributed by atoms with Gasteiger partial charge in [-0.1, -0.05) is 12.2 Å². The van der Waals surface area contributed by atoms with Gasteiger partial charge in [-0.05, 0) is 44.5 Å². The summed E-state index contributed by atoms with van der Waals surface area (Å²) in [6, 6.07) is 4.78. The maximum absolute atomic E-state index is 13.0. The van der Waals surface area contributed by atoms with Crippen LogP contribution in [0.3, 0.4) is 0 Å². The predicted molar refractivity (Wildman–Crippen MR) is 107 cm³/mol. The van der Waals surface area contributed by atoms with E-state index in [1.165, 1.54) is 0 Å². The second-order valence-electron chi connectivity index (χ2n) is 7.69. The number of imide groups is 2. The average Bonchev–Trinajstić information content (AvgIpc) is 2.97. The van der Waals surface area contributed by atoms with Gasteiger partial charge < -0.3 is 10.2 Å². The van der Waals surface area contributed by atoms with Crippen molar-refractivity contribution in [2.45, 2.75) is 43.8 Å². The molecule has 2 N–H and O–H groups in total. The Balaban J connectivity index is 1.61. The molecule has 0 aromatic heterocycles. The zero-order chi connectivity index (χ0) is 20.7. The molecule has 3 atom stereocenters. The van der Waals surface area contributed by atoms with Gasteiger partial charge in [0.2, 0.25) is 11.8 Å². The fourth-order valence-electron chi connectivity index (χ4n) is 4.41. The quantitative estimate of drug-likeness (QED) is 0.578. The molecule has 1 aromatic rings. The van der Waals surface area contributed by atoms with Crippen LogP contribution in [0.25, 0.3) is 0 Å². The first-order valence-electron chi connectivity index (χ1n) is 9.83. The standard InChI is InChI=1S/C21H24N4O4/c1-22-15-5-3-4-6-16(15)24(2)12-7-8-13-14(11-12)21(29)25(20(13)28)17-9-10-18(26)23-19(17)27/h3-4,7-8,11,15-17,22H,5-6,9-10H2,1-2H3,(H,23,26,27)/t15-,16+,17?/m0/s1. The normalized spacial score (nSPS) is 26.6. The van der Waals surface area contributed by atoms with Crippen LogP contribution in [0.4, 0.5) is 5.69 Å². The van der Waals surface area contributed by atoms with Gasteiger partial charge in [-0.2, -0.15) is 0 Å². The van der Waals surface area contributed by atoms with Gasteiger partial charge in [0.25, 0.3) is 11.8 Å².